The molecule has 1 amide bonds. The van der Waals surface area contributed by atoms with Crippen LogP contribution < -0.4 is 4.74 Å². The summed E-state index contributed by atoms with van der Waals surface area (Å²) in [7, 11) is 0. The highest BCUT2D eigenvalue weighted by molar-refractivity contribution is 5.92. The SMILES string of the molecule is Cc1ccccc1Oc1nccnc1[C@H]1CCCN(C(=O)c2ccn[nH]2)C1. The van der Waals surface area contributed by atoms with Gasteiger partial charge in [0.1, 0.15) is 17.1 Å². The molecule has 1 fully saturated rings. The Hall–Kier alpha value is -3.22. The Labute approximate surface area is 157 Å². The standard InChI is InChI=1S/C20H21N5O2/c1-14-5-2-3-7-17(14)27-19-18(21-10-11-22-19)15-6-4-12-25(13-15)20(26)16-8-9-23-24-16/h2-3,5,7-11,15H,4,6,12-13H2,1H3,(H,23,24)/t15-/m0/s1. The number of para-hydroxylation sites is 1. The van der Waals surface area contributed by atoms with E-state index in [0.29, 0.717) is 18.1 Å². The van der Waals surface area contributed by atoms with E-state index >= 15 is 0 Å². The lowest BCUT2D eigenvalue weighted by molar-refractivity contribution is 0.0698. The van der Waals surface area contributed by atoms with Crippen LogP contribution in [-0.4, -0.2) is 44.1 Å². The highest BCUT2D eigenvalue weighted by Crippen LogP contribution is 2.33. The molecule has 1 N–H and O–H groups in total. The van der Waals surface area contributed by atoms with E-state index in [1.165, 1.54) is 0 Å². The molecule has 0 radical (unpaired) electrons. The number of benzene rings is 1. The molecule has 0 unspecified atom stereocenters. The van der Waals surface area contributed by atoms with Crippen molar-refractivity contribution in [1.82, 2.24) is 25.1 Å². The smallest absolute Gasteiger partial charge is 0.271 e. The zero-order chi connectivity index (χ0) is 18.6. The molecule has 27 heavy (non-hydrogen) atoms. The Morgan fingerprint density at radius 3 is 2.85 bits per heavy atom. The Balaban J connectivity index is 1.56. The first-order chi connectivity index (χ1) is 13.2. The highest BCUT2D eigenvalue weighted by Gasteiger charge is 2.29. The van der Waals surface area contributed by atoms with Crippen LogP contribution in [0.3, 0.4) is 0 Å². The summed E-state index contributed by atoms with van der Waals surface area (Å²) < 4.78 is 6.07. The van der Waals surface area contributed by atoms with Crippen molar-refractivity contribution in [2.45, 2.75) is 25.7 Å². The number of H-pyrrole nitrogens is 1. The van der Waals surface area contributed by atoms with Gasteiger partial charge in [-0.3, -0.25) is 14.9 Å². The van der Waals surface area contributed by atoms with Gasteiger partial charge in [-0.2, -0.15) is 5.10 Å². The molecule has 1 aromatic carbocycles. The van der Waals surface area contributed by atoms with E-state index in [1.807, 2.05) is 36.1 Å². The van der Waals surface area contributed by atoms with Crippen LogP contribution in [0.4, 0.5) is 0 Å². The van der Waals surface area contributed by atoms with E-state index in [1.54, 1.807) is 24.7 Å². The van der Waals surface area contributed by atoms with Crippen LogP contribution in [-0.2, 0) is 0 Å². The molecular weight excluding hydrogens is 342 g/mol. The van der Waals surface area contributed by atoms with Gasteiger partial charge in [-0.05, 0) is 37.5 Å². The maximum atomic E-state index is 12.6. The lowest BCUT2D eigenvalue weighted by Gasteiger charge is -2.32. The van der Waals surface area contributed by atoms with Crippen molar-refractivity contribution in [2.24, 2.45) is 0 Å². The molecule has 2 aromatic heterocycles. The molecule has 1 atom stereocenters. The van der Waals surface area contributed by atoms with Gasteiger partial charge in [-0.15, -0.1) is 0 Å². The number of rotatable bonds is 4. The summed E-state index contributed by atoms with van der Waals surface area (Å²) in [6.07, 6.45) is 6.75. The van der Waals surface area contributed by atoms with Gasteiger partial charge in [0, 0.05) is 37.6 Å². The Kier molecular flexibility index (Phi) is 4.82. The number of aryl methyl sites for hydroxylation is 1. The quantitative estimate of drug-likeness (QED) is 0.769. The molecule has 0 aliphatic carbocycles. The topological polar surface area (TPSA) is 84.0 Å². The van der Waals surface area contributed by atoms with Gasteiger partial charge in [0.15, 0.2) is 0 Å². The third-order valence-corrected chi connectivity index (χ3v) is 4.82. The number of carbonyl (C=O) groups excluding carboxylic acids is 1. The number of nitrogens with one attached hydrogen (secondary N) is 1. The Morgan fingerprint density at radius 1 is 1.19 bits per heavy atom. The second-order valence-electron chi connectivity index (χ2n) is 6.67. The number of nitrogens with zero attached hydrogens (tertiary/aromatic N) is 4. The summed E-state index contributed by atoms with van der Waals surface area (Å²) in [5, 5.41) is 6.61. The van der Waals surface area contributed by atoms with E-state index in [2.05, 4.69) is 20.2 Å². The average molecular weight is 363 g/mol. The van der Waals surface area contributed by atoms with E-state index in [-0.39, 0.29) is 11.8 Å². The maximum absolute atomic E-state index is 12.6. The van der Waals surface area contributed by atoms with Crippen LogP contribution >= 0.6 is 0 Å². The summed E-state index contributed by atoms with van der Waals surface area (Å²) in [6, 6.07) is 9.52. The minimum absolute atomic E-state index is 0.0394. The van der Waals surface area contributed by atoms with Gasteiger partial charge in [-0.25, -0.2) is 4.98 Å². The first-order valence-electron chi connectivity index (χ1n) is 9.05. The number of hydrogen-bond donors (Lipinski definition) is 1. The zero-order valence-corrected chi connectivity index (χ0v) is 15.1. The second-order valence-corrected chi connectivity index (χ2v) is 6.67. The Bertz CT molecular complexity index is 926. The number of carbonyl (C=O) groups is 1. The van der Waals surface area contributed by atoms with Crippen molar-refractivity contribution >= 4 is 5.91 Å². The number of hydrogen-bond acceptors (Lipinski definition) is 5. The fraction of sp³-hybridized carbons (Fsp3) is 0.300. The van der Waals surface area contributed by atoms with Crippen molar-refractivity contribution in [1.29, 1.82) is 0 Å². The second kappa shape index (κ2) is 7.57. The average Bonchev–Trinajstić information content (AvgIpc) is 3.24. The molecule has 3 heterocycles. The van der Waals surface area contributed by atoms with Crippen molar-refractivity contribution in [2.75, 3.05) is 13.1 Å². The number of piperidine rings is 1. The summed E-state index contributed by atoms with van der Waals surface area (Å²) in [5.41, 5.74) is 2.34. The fourth-order valence-electron chi connectivity index (χ4n) is 3.40. The van der Waals surface area contributed by atoms with Gasteiger partial charge >= 0.3 is 0 Å². The largest absolute Gasteiger partial charge is 0.437 e. The summed E-state index contributed by atoms with van der Waals surface area (Å²) in [6.45, 7) is 3.31. The van der Waals surface area contributed by atoms with Crippen LogP contribution in [0.25, 0.3) is 0 Å². The van der Waals surface area contributed by atoms with Crippen molar-refractivity contribution in [3.05, 3.63) is 65.9 Å². The molecule has 0 spiro atoms. The number of aromatic amines is 1. The van der Waals surface area contributed by atoms with Gasteiger partial charge in [0.05, 0.1) is 0 Å². The maximum Gasteiger partial charge on any atom is 0.271 e. The number of aromatic nitrogens is 4. The van der Waals surface area contributed by atoms with Gasteiger partial charge < -0.3 is 9.64 Å². The molecule has 1 aliphatic rings. The van der Waals surface area contributed by atoms with Crippen LogP contribution in [0.5, 0.6) is 11.6 Å². The minimum atomic E-state index is -0.0394. The summed E-state index contributed by atoms with van der Waals surface area (Å²) in [4.78, 5) is 23.4. The number of ether oxygens (including phenoxy) is 1. The highest BCUT2D eigenvalue weighted by atomic mass is 16.5. The molecule has 0 bridgehead atoms. The predicted molar refractivity (Wildman–Crippen MR) is 99.8 cm³/mol. The first kappa shape index (κ1) is 17.2. The molecule has 4 rings (SSSR count). The first-order valence-corrected chi connectivity index (χ1v) is 9.05. The normalized spacial score (nSPS) is 16.9. The minimum Gasteiger partial charge on any atom is -0.437 e. The third-order valence-electron chi connectivity index (χ3n) is 4.82. The third kappa shape index (κ3) is 3.67. The summed E-state index contributed by atoms with van der Waals surface area (Å²) in [5.74, 6) is 1.31. The van der Waals surface area contributed by atoms with Crippen molar-refractivity contribution in [3.63, 3.8) is 0 Å². The molecular formula is C20H21N5O2. The molecule has 0 saturated carbocycles. The molecule has 138 valence electrons. The van der Waals surface area contributed by atoms with Crippen LogP contribution in [0.2, 0.25) is 0 Å². The van der Waals surface area contributed by atoms with E-state index in [9.17, 15) is 4.79 Å². The number of amides is 1. The van der Waals surface area contributed by atoms with E-state index in [0.717, 1.165) is 36.4 Å². The van der Waals surface area contributed by atoms with E-state index in [4.69, 9.17) is 4.74 Å². The monoisotopic (exact) mass is 363 g/mol. The van der Waals surface area contributed by atoms with E-state index < -0.39 is 0 Å². The molecule has 1 aliphatic heterocycles. The Morgan fingerprint density at radius 2 is 2.04 bits per heavy atom. The van der Waals surface area contributed by atoms with Gasteiger partial charge in [-0.1, -0.05) is 18.2 Å². The zero-order valence-electron chi connectivity index (χ0n) is 15.1. The predicted octanol–water partition coefficient (Wildman–Crippen LogP) is 3.32. The van der Waals surface area contributed by atoms with Crippen LogP contribution in [0.15, 0.2) is 48.9 Å². The van der Waals surface area contributed by atoms with Crippen molar-refractivity contribution < 1.29 is 9.53 Å². The number of likely N-dealkylation sites (tertiary alicyclic amines) is 1. The molecule has 1 saturated heterocycles. The van der Waals surface area contributed by atoms with Gasteiger partial charge in [0.2, 0.25) is 5.88 Å². The van der Waals surface area contributed by atoms with Crippen LogP contribution in [0, 0.1) is 6.92 Å². The lowest BCUT2D eigenvalue weighted by Crippen LogP contribution is -2.39. The fourth-order valence-corrected chi connectivity index (χ4v) is 3.40. The summed E-state index contributed by atoms with van der Waals surface area (Å²) >= 11 is 0. The molecule has 7 heteroatoms. The molecule has 3 aromatic rings. The molecule has 7 nitrogen and oxygen atoms in total. The van der Waals surface area contributed by atoms with Gasteiger partial charge in [0.25, 0.3) is 5.91 Å². The van der Waals surface area contributed by atoms with Crippen molar-refractivity contribution in [3.8, 4) is 11.6 Å². The lowest BCUT2D eigenvalue weighted by atomic mass is 9.94. The van der Waals surface area contributed by atoms with Crippen LogP contribution in [0.1, 0.15) is 40.5 Å².